The molecule has 5 rings (SSSR count). The van der Waals surface area contributed by atoms with Crippen molar-refractivity contribution in [3.63, 3.8) is 0 Å². The molecule has 148 valence electrons. The van der Waals surface area contributed by atoms with Crippen LogP contribution in [0, 0.1) is 6.92 Å². The summed E-state index contributed by atoms with van der Waals surface area (Å²) in [5.74, 6) is 0.690. The van der Waals surface area contributed by atoms with Gasteiger partial charge in [-0.3, -0.25) is 19.9 Å². The first-order chi connectivity index (χ1) is 15.3. The maximum atomic E-state index is 4.60. The Morgan fingerprint density at radius 1 is 0.484 bits per heavy atom. The summed E-state index contributed by atoms with van der Waals surface area (Å²) in [7, 11) is 0. The molecular weight excluding hydrogens is 384 g/mol. The third kappa shape index (κ3) is 4.04. The zero-order valence-electron chi connectivity index (χ0n) is 16.8. The van der Waals surface area contributed by atoms with Gasteiger partial charge >= 0.3 is 0 Å². The molecule has 0 aromatic carbocycles. The summed E-state index contributed by atoms with van der Waals surface area (Å²) < 4.78 is 0. The number of pyridine rings is 4. The number of hydrogen-bond acceptors (Lipinski definition) is 6. The van der Waals surface area contributed by atoms with Crippen LogP contribution in [-0.4, -0.2) is 29.9 Å². The summed E-state index contributed by atoms with van der Waals surface area (Å²) in [6.07, 6.45) is 7.16. The summed E-state index contributed by atoms with van der Waals surface area (Å²) in [5.41, 5.74) is 6.80. The highest BCUT2D eigenvalue weighted by Crippen LogP contribution is 2.25. The number of hydrogen-bond donors (Lipinski definition) is 0. The summed E-state index contributed by atoms with van der Waals surface area (Å²) in [4.78, 5) is 27.0. The molecule has 0 aliphatic rings. The smallest absolute Gasteiger partial charge is 0.126 e. The molecular formula is C25H18N6. The molecule has 6 nitrogen and oxygen atoms in total. The molecule has 31 heavy (non-hydrogen) atoms. The standard InChI is InChI=1S/C25H18N6/c1-17-30-24(18-8-10-22(28-15-18)20-6-2-4-12-26-20)14-25(31-17)19-9-11-23(29-16-19)21-7-3-5-13-27-21/h2-16H,1H3. The average Bonchev–Trinajstić information content (AvgIpc) is 2.85. The molecule has 0 atom stereocenters. The molecule has 0 saturated heterocycles. The Morgan fingerprint density at radius 3 is 1.35 bits per heavy atom. The Morgan fingerprint density at radius 2 is 0.968 bits per heavy atom. The van der Waals surface area contributed by atoms with Gasteiger partial charge in [0.05, 0.1) is 34.2 Å². The van der Waals surface area contributed by atoms with Crippen LogP contribution >= 0.6 is 0 Å². The van der Waals surface area contributed by atoms with Crippen LogP contribution in [0.1, 0.15) is 5.82 Å². The first-order valence-electron chi connectivity index (χ1n) is 9.88. The van der Waals surface area contributed by atoms with E-state index in [1.807, 2.05) is 86.0 Å². The molecule has 0 radical (unpaired) electrons. The zero-order chi connectivity index (χ0) is 21.0. The Kier molecular flexibility index (Phi) is 4.94. The van der Waals surface area contributed by atoms with Crippen LogP contribution in [0.25, 0.3) is 45.3 Å². The lowest BCUT2D eigenvalue weighted by Crippen LogP contribution is -1.96. The van der Waals surface area contributed by atoms with Gasteiger partial charge in [-0.1, -0.05) is 12.1 Å². The van der Waals surface area contributed by atoms with Gasteiger partial charge in [-0.05, 0) is 61.5 Å². The molecule has 5 aromatic heterocycles. The third-order valence-corrected chi connectivity index (χ3v) is 4.81. The van der Waals surface area contributed by atoms with Crippen LogP contribution in [0.2, 0.25) is 0 Å². The van der Waals surface area contributed by atoms with Crippen molar-refractivity contribution in [2.45, 2.75) is 6.92 Å². The number of aryl methyl sites for hydroxylation is 1. The highest BCUT2D eigenvalue weighted by molar-refractivity contribution is 5.69. The number of rotatable bonds is 4. The van der Waals surface area contributed by atoms with Gasteiger partial charge in [-0.15, -0.1) is 0 Å². The van der Waals surface area contributed by atoms with Crippen molar-refractivity contribution in [2.24, 2.45) is 0 Å². The molecule has 0 saturated carbocycles. The fourth-order valence-corrected chi connectivity index (χ4v) is 3.29. The second-order valence-corrected chi connectivity index (χ2v) is 6.98. The molecule has 6 heteroatoms. The molecule has 0 spiro atoms. The fraction of sp³-hybridized carbons (Fsp3) is 0.0400. The maximum absolute atomic E-state index is 4.60. The lowest BCUT2D eigenvalue weighted by atomic mass is 10.1. The van der Waals surface area contributed by atoms with E-state index in [0.717, 1.165) is 45.3 Å². The molecule has 0 fully saturated rings. The Balaban J connectivity index is 1.45. The Hall–Kier alpha value is -4.32. The second-order valence-electron chi connectivity index (χ2n) is 6.98. The van der Waals surface area contributed by atoms with Crippen molar-refractivity contribution in [2.75, 3.05) is 0 Å². The zero-order valence-corrected chi connectivity index (χ0v) is 16.8. The van der Waals surface area contributed by atoms with Crippen LogP contribution < -0.4 is 0 Å². The van der Waals surface area contributed by atoms with E-state index in [-0.39, 0.29) is 0 Å². The van der Waals surface area contributed by atoms with Crippen molar-refractivity contribution in [3.05, 3.63) is 97.3 Å². The fourth-order valence-electron chi connectivity index (χ4n) is 3.29. The van der Waals surface area contributed by atoms with Crippen LogP contribution in [0.5, 0.6) is 0 Å². The van der Waals surface area contributed by atoms with Crippen molar-refractivity contribution in [1.29, 1.82) is 0 Å². The molecule has 0 aliphatic heterocycles. The number of nitrogens with zero attached hydrogens (tertiary/aromatic N) is 6. The van der Waals surface area contributed by atoms with Gasteiger partial charge in [0.1, 0.15) is 5.82 Å². The van der Waals surface area contributed by atoms with Gasteiger partial charge in [0.25, 0.3) is 0 Å². The van der Waals surface area contributed by atoms with Crippen molar-refractivity contribution >= 4 is 0 Å². The highest BCUT2D eigenvalue weighted by atomic mass is 14.9. The predicted octanol–water partition coefficient (Wildman–Crippen LogP) is 5.03. The molecule has 0 aliphatic carbocycles. The van der Waals surface area contributed by atoms with Crippen LogP contribution in [0.15, 0.2) is 91.5 Å². The first-order valence-corrected chi connectivity index (χ1v) is 9.88. The van der Waals surface area contributed by atoms with Crippen LogP contribution in [0.4, 0.5) is 0 Å². The quantitative estimate of drug-likeness (QED) is 0.419. The topological polar surface area (TPSA) is 77.3 Å². The molecule has 5 heterocycles. The van der Waals surface area contributed by atoms with Crippen LogP contribution in [-0.2, 0) is 0 Å². The summed E-state index contributed by atoms with van der Waals surface area (Å²) >= 11 is 0. The van der Waals surface area contributed by atoms with E-state index in [9.17, 15) is 0 Å². The lowest BCUT2D eigenvalue weighted by molar-refractivity contribution is 1.06. The Labute approximate surface area is 179 Å². The van der Waals surface area contributed by atoms with E-state index in [1.54, 1.807) is 12.4 Å². The molecule has 0 N–H and O–H groups in total. The molecule has 0 bridgehead atoms. The van der Waals surface area contributed by atoms with Gasteiger partial charge in [-0.25, -0.2) is 9.97 Å². The SMILES string of the molecule is Cc1nc(-c2ccc(-c3ccccn3)nc2)cc(-c2ccc(-c3ccccn3)nc2)n1. The summed E-state index contributed by atoms with van der Waals surface area (Å²) in [6.45, 7) is 1.89. The molecule has 0 amide bonds. The van der Waals surface area contributed by atoms with Gasteiger partial charge < -0.3 is 0 Å². The largest absolute Gasteiger partial charge is 0.255 e. The van der Waals surface area contributed by atoms with Crippen molar-refractivity contribution in [3.8, 4) is 45.3 Å². The van der Waals surface area contributed by atoms with Gasteiger partial charge in [0.15, 0.2) is 0 Å². The molecule has 5 aromatic rings. The van der Waals surface area contributed by atoms with E-state index in [4.69, 9.17) is 0 Å². The Bertz CT molecular complexity index is 1200. The first kappa shape index (κ1) is 18.7. The average molecular weight is 402 g/mol. The minimum Gasteiger partial charge on any atom is -0.255 e. The predicted molar refractivity (Wildman–Crippen MR) is 120 cm³/mol. The van der Waals surface area contributed by atoms with Gasteiger partial charge in [0, 0.05) is 35.9 Å². The minimum absolute atomic E-state index is 0.690. The van der Waals surface area contributed by atoms with E-state index < -0.39 is 0 Å². The maximum Gasteiger partial charge on any atom is 0.126 e. The third-order valence-electron chi connectivity index (χ3n) is 4.81. The monoisotopic (exact) mass is 402 g/mol. The molecule has 0 unspecified atom stereocenters. The normalized spacial score (nSPS) is 10.7. The van der Waals surface area contributed by atoms with Gasteiger partial charge in [-0.2, -0.15) is 0 Å². The van der Waals surface area contributed by atoms with E-state index >= 15 is 0 Å². The van der Waals surface area contributed by atoms with E-state index in [0.29, 0.717) is 5.82 Å². The number of aromatic nitrogens is 6. The summed E-state index contributed by atoms with van der Waals surface area (Å²) in [6, 6.07) is 21.4. The van der Waals surface area contributed by atoms with Crippen molar-refractivity contribution < 1.29 is 0 Å². The van der Waals surface area contributed by atoms with Crippen LogP contribution in [0.3, 0.4) is 0 Å². The lowest BCUT2D eigenvalue weighted by Gasteiger charge is -2.08. The second kappa shape index (κ2) is 8.20. The highest BCUT2D eigenvalue weighted by Gasteiger charge is 2.09. The van der Waals surface area contributed by atoms with Crippen molar-refractivity contribution in [1.82, 2.24) is 29.9 Å². The van der Waals surface area contributed by atoms with Gasteiger partial charge in [0.2, 0.25) is 0 Å². The van der Waals surface area contributed by atoms with E-state index in [2.05, 4.69) is 29.9 Å². The van der Waals surface area contributed by atoms with E-state index in [1.165, 1.54) is 0 Å². The summed E-state index contributed by atoms with van der Waals surface area (Å²) in [5, 5.41) is 0. The minimum atomic E-state index is 0.690.